The van der Waals surface area contributed by atoms with Crippen LogP contribution in [0.15, 0.2) is 0 Å². The summed E-state index contributed by atoms with van der Waals surface area (Å²) in [5, 5.41) is -0.179. The van der Waals surface area contributed by atoms with Crippen LogP contribution in [-0.4, -0.2) is 48.1 Å². The Morgan fingerprint density at radius 3 is 2.64 bits per heavy atom. The predicted octanol–water partition coefficient (Wildman–Crippen LogP) is 0.0789. The highest BCUT2D eigenvalue weighted by Gasteiger charge is 2.29. The van der Waals surface area contributed by atoms with Gasteiger partial charge in [0, 0.05) is 6.54 Å². The second-order valence-electron chi connectivity index (χ2n) is 2.50. The number of ether oxygens (including phenoxy) is 1. The second-order valence-corrected chi connectivity index (χ2v) is 3.43. The topological polar surface area (TPSA) is 72.6 Å². The maximum atomic E-state index is 11.1. The number of amides is 2. The third-order valence-corrected chi connectivity index (χ3v) is 2.42. The highest BCUT2D eigenvalue weighted by Crippen LogP contribution is 2.17. The first-order valence-corrected chi connectivity index (χ1v) is 4.99. The molecule has 14 heavy (non-hydrogen) atoms. The lowest BCUT2D eigenvalue weighted by Gasteiger charge is -2.11. The van der Waals surface area contributed by atoms with E-state index in [0.29, 0.717) is 26.3 Å². The summed E-state index contributed by atoms with van der Waals surface area (Å²) in [5.41, 5.74) is 5.20. The minimum atomic E-state index is -0.179. The highest BCUT2D eigenvalue weighted by atomic mass is 35.5. The summed E-state index contributed by atoms with van der Waals surface area (Å²) in [7, 11) is 0. The van der Waals surface area contributed by atoms with Crippen molar-refractivity contribution in [3.63, 3.8) is 0 Å². The average Bonchev–Trinajstić information content (AvgIpc) is 2.42. The molecule has 1 aliphatic rings. The molecule has 82 valence electrons. The largest absolute Gasteiger partial charge is 0.378 e. The van der Waals surface area contributed by atoms with Gasteiger partial charge in [-0.2, -0.15) is 0 Å². The summed E-state index contributed by atoms with van der Waals surface area (Å²) in [4.78, 5) is 23.3. The van der Waals surface area contributed by atoms with Crippen molar-refractivity contribution in [3.05, 3.63) is 0 Å². The number of carbonyl (C=O) groups excluding carboxylic acids is 2. The van der Waals surface area contributed by atoms with Gasteiger partial charge in [-0.1, -0.05) is 11.8 Å². The van der Waals surface area contributed by atoms with Crippen molar-refractivity contribution in [3.8, 4) is 0 Å². The minimum Gasteiger partial charge on any atom is -0.378 e. The average molecular weight is 241 g/mol. The summed E-state index contributed by atoms with van der Waals surface area (Å²) in [6, 6.07) is 0. The molecular formula is C7H13ClN2O3S. The summed E-state index contributed by atoms with van der Waals surface area (Å²) in [6.45, 7) is 1.62. The van der Waals surface area contributed by atoms with E-state index in [1.165, 1.54) is 4.90 Å². The quantitative estimate of drug-likeness (QED) is 0.689. The van der Waals surface area contributed by atoms with Crippen LogP contribution >= 0.6 is 24.2 Å². The normalized spacial score (nSPS) is 15.9. The van der Waals surface area contributed by atoms with Crippen LogP contribution in [0.4, 0.5) is 4.79 Å². The van der Waals surface area contributed by atoms with Crippen LogP contribution < -0.4 is 5.73 Å². The van der Waals surface area contributed by atoms with Gasteiger partial charge in [-0.15, -0.1) is 12.4 Å². The fourth-order valence-corrected chi connectivity index (χ4v) is 1.69. The Morgan fingerprint density at radius 1 is 1.43 bits per heavy atom. The van der Waals surface area contributed by atoms with Crippen molar-refractivity contribution >= 4 is 35.3 Å². The molecule has 2 amide bonds. The third-order valence-electron chi connectivity index (χ3n) is 1.56. The Bertz CT molecular complexity index is 199. The van der Waals surface area contributed by atoms with Gasteiger partial charge in [0.15, 0.2) is 0 Å². The first-order chi connectivity index (χ1) is 6.25. The number of rotatable bonds is 5. The van der Waals surface area contributed by atoms with Crippen LogP contribution in [0.25, 0.3) is 0 Å². The molecule has 0 aliphatic carbocycles. The zero-order valence-corrected chi connectivity index (χ0v) is 9.23. The van der Waals surface area contributed by atoms with Gasteiger partial charge in [-0.3, -0.25) is 14.5 Å². The molecule has 1 fully saturated rings. The zero-order chi connectivity index (χ0) is 9.68. The lowest BCUT2D eigenvalue weighted by Crippen LogP contribution is -2.32. The lowest BCUT2D eigenvalue weighted by molar-refractivity contribution is -0.125. The van der Waals surface area contributed by atoms with Crippen molar-refractivity contribution in [2.45, 2.75) is 0 Å². The van der Waals surface area contributed by atoms with Crippen LogP contribution in [-0.2, 0) is 9.53 Å². The summed E-state index contributed by atoms with van der Waals surface area (Å²) < 4.78 is 5.06. The van der Waals surface area contributed by atoms with Crippen molar-refractivity contribution in [1.29, 1.82) is 0 Å². The number of hydrogen-bond donors (Lipinski definition) is 1. The Labute approximate surface area is 92.7 Å². The fraction of sp³-hybridized carbons (Fsp3) is 0.714. The van der Waals surface area contributed by atoms with E-state index < -0.39 is 0 Å². The molecule has 5 nitrogen and oxygen atoms in total. The Kier molecular flexibility index (Phi) is 6.90. The molecule has 0 saturated carbocycles. The number of thioether (sulfide) groups is 1. The molecule has 0 aromatic carbocycles. The molecule has 1 rings (SSSR count). The maximum Gasteiger partial charge on any atom is 0.288 e. The smallest absolute Gasteiger partial charge is 0.288 e. The molecule has 1 aliphatic heterocycles. The number of imide groups is 1. The standard InChI is InChI=1S/C7H12N2O3S.ClH/c8-1-3-12-4-2-9-6(10)5-13-7(9)11;/h1-5,8H2;1H. The minimum absolute atomic E-state index is 0. The number of halogens is 1. The van der Waals surface area contributed by atoms with Crippen molar-refractivity contribution in [1.82, 2.24) is 4.90 Å². The molecule has 0 atom stereocenters. The zero-order valence-electron chi connectivity index (χ0n) is 7.60. The van der Waals surface area contributed by atoms with Crippen LogP contribution in [0.1, 0.15) is 0 Å². The Hall–Kier alpha value is -0.300. The van der Waals surface area contributed by atoms with Crippen molar-refractivity contribution < 1.29 is 14.3 Å². The van der Waals surface area contributed by atoms with Gasteiger partial charge in [-0.05, 0) is 0 Å². The van der Waals surface area contributed by atoms with E-state index >= 15 is 0 Å². The van der Waals surface area contributed by atoms with Crippen LogP contribution in [0, 0.1) is 0 Å². The van der Waals surface area contributed by atoms with Gasteiger partial charge in [0.05, 0.1) is 25.5 Å². The van der Waals surface area contributed by atoms with Gasteiger partial charge >= 0.3 is 0 Å². The molecule has 0 unspecified atom stereocenters. The van der Waals surface area contributed by atoms with E-state index in [9.17, 15) is 9.59 Å². The number of hydrogen-bond acceptors (Lipinski definition) is 5. The molecule has 2 N–H and O–H groups in total. The van der Waals surface area contributed by atoms with Crippen LogP contribution in [0.5, 0.6) is 0 Å². The second kappa shape index (κ2) is 7.05. The monoisotopic (exact) mass is 240 g/mol. The molecule has 0 radical (unpaired) electrons. The SMILES string of the molecule is Cl.NCCOCCN1C(=O)CSC1=O. The van der Waals surface area contributed by atoms with Crippen molar-refractivity contribution in [2.75, 3.05) is 32.1 Å². The van der Waals surface area contributed by atoms with E-state index in [2.05, 4.69) is 0 Å². The molecule has 1 saturated heterocycles. The summed E-state index contributed by atoms with van der Waals surface area (Å²) in [6.07, 6.45) is 0. The van der Waals surface area contributed by atoms with Crippen LogP contribution in [0.3, 0.4) is 0 Å². The number of nitrogens with zero attached hydrogens (tertiary/aromatic N) is 1. The van der Waals surface area contributed by atoms with E-state index in [-0.39, 0.29) is 29.3 Å². The maximum absolute atomic E-state index is 11.1. The molecule has 0 aromatic heterocycles. The van der Waals surface area contributed by atoms with E-state index in [0.717, 1.165) is 11.8 Å². The lowest BCUT2D eigenvalue weighted by atomic mass is 10.5. The van der Waals surface area contributed by atoms with Gasteiger partial charge in [0.2, 0.25) is 5.91 Å². The van der Waals surface area contributed by atoms with E-state index in [4.69, 9.17) is 10.5 Å². The number of nitrogens with two attached hydrogens (primary N) is 1. The van der Waals surface area contributed by atoms with Gasteiger partial charge in [0.25, 0.3) is 5.24 Å². The summed E-state index contributed by atoms with van der Waals surface area (Å²) >= 11 is 1.03. The predicted molar refractivity (Wildman–Crippen MR) is 56.7 cm³/mol. The van der Waals surface area contributed by atoms with E-state index in [1.54, 1.807) is 0 Å². The third kappa shape index (κ3) is 3.83. The van der Waals surface area contributed by atoms with Gasteiger partial charge < -0.3 is 10.5 Å². The molecule has 0 bridgehead atoms. The summed E-state index contributed by atoms with van der Waals surface area (Å²) in [5.74, 6) is 0.127. The van der Waals surface area contributed by atoms with Gasteiger partial charge in [0.1, 0.15) is 0 Å². The Balaban J connectivity index is 0.00000169. The van der Waals surface area contributed by atoms with Gasteiger partial charge in [-0.25, -0.2) is 0 Å². The fourth-order valence-electron chi connectivity index (χ4n) is 0.938. The van der Waals surface area contributed by atoms with Crippen LogP contribution in [0.2, 0.25) is 0 Å². The molecule has 1 heterocycles. The van der Waals surface area contributed by atoms with E-state index in [1.807, 2.05) is 0 Å². The molecule has 0 spiro atoms. The highest BCUT2D eigenvalue weighted by molar-refractivity contribution is 8.14. The first-order valence-electron chi connectivity index (χ1n) is 4.00. The molecule has 7 heteroatoms. The number of carbonyl (C=O) groups is 2. The Morgan fingerprint density at radius 2 is 2.14 bits per heavy atom. The first kappa shape index (κ1) is 13.7. The molecular weight excluding hydrogens is 228 g/mol. The molecule has 0 aromatic rings. The van der Waals surface area contributed by atoms with Crippen molar-refractivity contribution in [2.24, 2.45) is 5.73 Å².